The second kappa shape index (κ2) is 56.9. The molecule has 0 aromatic rings. The zero-order valence-corrected chi connectivity index (χ0v) is 51.2. The van der Waals surface area contributed by atoms with Crippen LogP contribution in [-0.2, 0) is 32.7 Å². The quantitative estimate of drug-likeness (QED) is 0.0211. The molecule has 0 spiro atoms. The third-order valence-electron chi connectivity index (χ3n) is 14.4. The molecular weight excluding hydrogens is 954 g/mol. The molecule has 10 heteroatoms. The predicted octanol–water partition coefficient (Wildman–Crippen LogP) is 20.3. The van der Waals surface area contributed by atoms with Crippen LogP contribution in [-0.4, -0.2) is 74.9 Å². The van der Waals surface area contributed by atoms with Gasteiger partial charge in [0.2, 0.25) is 0 Å². The van der Waals surface area contributed by atoms with Crippen molar-refractivity contribution in [1.29, 1.82) is 0 Å². The summed E-state index contributed by atoms with van der Waals surface area (Å²) in [4.78, 5) is 35.7. The second-order valence-corrected chi connectivity index (χ2v) is 24.6. The van der Waals surface area contributed by atoms with E-state index in [4.69, 9.17) is 18.5 Å². The van der Waals surface area contributed by atoms with Crippen LogP contribution >= 0.6 is 7.82 Å². The van der Waals surface area contributed by atoms with E-state index in [1.165, 1.54) is 238 Å². The molecule has 75 heavy (non-hydrogen) atoms. The minimum atomic E-state index is -4.38. The topological polar surface area (TPSA) is 108 Å². The van der Waals surface area contributed by atoms with Gasteiger partial charge < -0.3 is 18.9 Å². The molecule has 0 aromatic carbocycles. The molecule has 0 aliphatic carbocycles. The summed E-state index contributed by atoms with van der Waals surface area (Å²) >= 11 is 0. The van der Waals surface area contributed by atoms with Crippen molar-refractivity contribution in [2.45, 2.75) is 322 Å². The lowest BCUT2D eigenvalue weighted by molar-refractivity contribution is -0.870. The van der Waals surface area contributed by atoms with Gasteiger partial charge in [-0.1, -0.05) is 288 Å². The van der Waals surface area contributed by atoms with Crippen molar-refractivity contribution >= 4 is 19.8 Å². The SMILES string of the molecule is CCCCCCC/C=C\C/C=C\C/C=C\CCCCCCCCCCCCCCCCCCCCCCCCC(=O)OC(COC(=O)CCCCCCCCCCCCCCCC)COP(=O)(O)OCC[N+](C)(C)C. The van der Waals surface area contributed by atoms with Crippen molar-refractivity contribution in [3.8, 4) is 0 Å². The smallest absolute Gasteiger partial charge is 0.462 e. The number of carbonyl (C=O) groups is 2. The van der Waals surface area contributed by atoms with Gasteiger partial charge in [-0.15, -0.1) is 0 Å². The molecule has 9 nitrogen and oxygen atoms in total. The van der Waals surface area contributed by atoms with Crippen LogP contribution in [0.2, 0.25) is 0 Å². The van der Waals surface area contributed by atoms with Crippen molar-refractivity contribution < 1.29 is 42.1 Å². The van der Waals surface area contributed by atoms with Gasteiger partial charge in [-0.2, -0.15) is 0 Å². The first-order valence-corrected chi connectivity index (χ1v) is 33.7. The highest BCUT2D eigenvalue weighted by Crippen LogP contribution is 2.43. The van der Waals surface area contributed by atoms with E-state index >= 15 is 0 Å². The van der Waals surface area contributed by atoms with Gasteiger partial charge in [0.05, 0.1) is 27.7 Å². The van der Waals surface area contributed by atoms with Crippen LogP contribution in [0, 0.1) is 0 Å². The number of rotatable bonds is 60. The van der Waals surface area contributed by atoms with E-state index in [0.717, 1.165) is 44.9 Å². The van der Waals surface area contributed by atoms with Gasteiger partial charge >= 0.3 is 19.8 Å². The van der Waals surface area contributed by atoms with Crippen LogP contribution in [0.3, 0.4) is 0 Å². The third-order valence-corrected chi connectivity index (χ3v) is 15.4. The Morgan fingerprint density at radius 2 is 0.720 bits per heavy atom. The largest absolute Gasteiger partial charge is 0.472 e. The highest BCUT2D eigenvalue weighted by molar-refractivity contribution is 7.47. The maximum absolute atomic E-state index is 12.8. The maximum atomic E-state index is 12.8. The lowest BCUT2D eigenvalue weighted by Crippen LogP contribution is -2.37. The van der Waals surface area contributed by atoms with Gasteiger partial charge in [0.25, 0.3) is 0 Å². The summed E-state index contributed by atoms with van der Waals surface area (Å²) in [5.74, 6) is -0.779. The summed E-state index contributed by atoms with van der Waals surface area (Å²) in [5.41, 5.74) is 0. The first-order chi connectivity index (χ1) is 36.5. The molecule has 2 atom stereocenters. The van der Waals surface area contributed by atoms with E-state index < -0.39 is 26.5 Å². The zero-order chi connectivity index (χ0) is 54.9. The van der Waals surface area contributed by atoms with E-state index in [2.05, 4.69) is 50.3 Å². The van der Waals surface area contributed by atoms with Gasteiger partial charge in [0.15, 0.2) is 6.10 Å². The Hall–Kier alpha value is -1.77. The van der Waals surface area contributed by atoms with Crippen molar-refractivity contribution in [1.82, 2.24) is 0 Å². The Bertz CT molecular complexity index is 1360. The number of nitrogens with zero attached hydrogens (tertiary/aromatic N) is 1. The fraction of sp³-hybridized carbons (Fsp3) is 0.877. The molecule has 0 aromatic heterocycles. The Morgan fingerprint density at radius 3 is 1.07 bits per heavy atom. The molecule has 2 unspecified atom stereocenters. The molecule has 0 fully saturated rings. The average molecular weight is 1080 g/mol. The summed E-state index contributed by atoms with van der Waals surface area (Å²) < 4.78 is 34.6. The normalized spacial score (nSPS) is 13.4. The first kappa shape index (κ1) is 73.2. The number of likely N-dealkylation sites (N-methyl/N-ethyl adjacent to an activating group) is 1. The number of allylic oxidation sites excluding steroid dienone is 6. The van der Waals surface area contributed by atoms with Crippen LogP contribution in [0.15, 0.2) is 36.5 Å². The molecule has 0 saturated carbocycles. The first-order valence-electron chi connectivity index (χ1n) is 32.2. The molecule has 0 bridgehead atoms. The minimum Gasteiger partial charge on any atom is -0.462 e. The number of phosphoric acid groups is 1. The molecule has 442 valence electrons. The van der Waals surface area contributed by atoms with Gasteiger partial charge in [0, 0.05) is 12.8 Å². The van der Waals surface area contributed by atoms with Crippen LogP contribution in [0.5, 0.6) is 0 Å². The van der Waals surface area contributed by atoms with Crippen LogP contribution in [0.1, 0.15) is 316 Å². The van der Waals surface area contributed by atoms with Crippen LogP contribution in [0.25, 0.3) is 0 Å². The summed E-state index contributed by atoms with van der Waals surface area (Å²) in [5, 5.41) is 0. The molecule has 0 radical (unpaired) electrons. The van der Waals surface area contributed by atoms with E-state index in [9.17, 15) is 19.0 Å². The van der Waals surface area contributed by atoms with E-state index in [0.29, 0.717) is 23.9 Å². The summed E-state index contributed by atoms with van der Waals surface area (Å²) in [6.07, 6.45) is 71.0. The average Bonchev–Trinajstić information content (AvgIpc) is 3.37. The summed E-state index contributed by atoms with van der Waals surface area (Å²) in [6, 6.07) is 0. The highest BCUT2D eigenvalue weighted by Gasteiger charge is 2.27. The van der Waals surface area contributed by atoms with Crippen molar-refractivity contribution in [3.63, 3.8) is 0 Å². The molecule has 0 aliphatic heterocycles. The van der Waals surface area contributed by atoms with Crippen molar-refractivity contribution in [2.24, 2.45) is 0 Å². The lowest BCUT2D eigenvalue weighted by Gasteiger charge is -2.24. The molecule has 0 saturated heterocycles. The number of quaternary nitrogens is 1. The van der Waals surface area contributed by atoms with Crippen LogP contribution in [0.4, 0.5) is 0 Å². The molecule has 0 rings (SSSR count). The van der Waals surface area contributed by atoms with Crippen molar-refractivity contribution in [3.05, 3.63) is 36.5 Å². The monoisotopic (exact) mass is 1080 g/mol. The Kier molecular flexibility index (Phi) is 55.6. The Balaban J connectivity index is 3.92. The van der Waals surface area contributed by atoms with E-state index in [1.807, 2.05) is 21.1 Å². The predicted molar refractivity (Wildman–Crippen MR) is 321 cm³/mol. The van der Waals surface area contributed by atoms with E-state index in [1.54, 1.807) is 0 Å². The Morgan fingerprint density at radius 1 is 0.413 bits per heavy atom. The fourth-order valence-corrected chi connectivity index (χ4v) is 10.2. The second-order valence-electron chi connectivity index (χ2n) is 23.2. The number of unbranched alkanes of at least 4 members (excludes halogenated alkanes) is 40. The Labute approximate surface area is 465 Å². The molecule has 1 N–H and O–H groups in total. The summed E-state index contributed by atoms with van der Waals surface area (Å²) in [7, 11) is 1.49. The van der Waals surface area contributed by atoms with E-state index in [-0.39, 0.29) is 25.6 Å². The van der Waals surface area contributed by atoms with Gasteiger partial charge in [0.1, 0.15) is 19.8 Å². The summed E-state index contributed by atoms with van der Waals surface area (Å²) in [6.45, 7) is 4.47. The van der Waals surface area contributed by atoms with Gasteiger partial charge in [-0.3, -0.25) is 18.6 Å². The number of ether oxygens (including phenoxy) is 2. The minimum absolute atomic E-state index is 0.0351. The van der Waals surface area contributed by atoms with Gasteiger partial charge in [-0.05, 0) is 51.4 Å². The highest BCUT2D eigenvalue weighted by atomic mass is 31.2. The number of carbonyl (C=O) groups excluding carboxylic acids is 2. The van der Waals surface area contributed by atoms with Gasteiger partial charge in [-0.25, -0.2) is 4.57 Å². The lowest BCUT2D eigenvalue weighted by atomic mass is 10.0. The molecular formula is C65H125NO8P+. The van der Waals surface area contributed by atoms with Crippen molar-refractivity contribution in [2.75, 3.05) is 47.5 Å². The number of hydrogen-bond donors (Lipinski definition) is 1. The number of phosphoric ester groups is 1. The molecule has 0 heterocycles. The fourth-order valence-electron chi connectivity index (χ4n) is 9.44. The maximum Gasteiger partial charge on any atom is 0.472 e. The number of hydrogen-bond acceptors (Lipinski definition) is 7. The van der Waals surface area contributed by atoms with Crippen LogP contribution < -0.4 is 0 Å². The standard InChI is InChI=1S/C65H124NO8P/c1-6-8-10-12-14-16-18-20-22-23-24-25-26-27-28-29-30-31-32-33-34-35-36-37-38-39-40-41-42-43-44-46-48-50-52-54-56-58-65(68)74-63(62-73-75(69,70)72-60-59-66(3,4)5)61-71-64(67)57-55-53-51-49-47-45-21-19-17-15-13-11-9-7-2/h18,20,23-24,26-27,63H,6-17,19,21-22,25,28-62H2,1-5H3/p+1/b20-18-,24-23-,27-26-. The molecule has 0 amide bonds. The zero-order valence-electron chi connectivity index (χ0n) is 50.3. The number of esters is 2. The third kappa shape index (κ3) is 61.3. The molecule has 0 aliphatic rings.